The number of nitrogens with zero attached hydrogens (tertiary/aromatic N) is 1. The normalized spacial score (nSPS) is 22.2. The van der Waals surface area contributed by atoms with E-state index in [1.54, 1.807) is 11.8 Å². The van der Waals surface area contributed by atoms with Crippen molar-refractivity contribution in [3.8, 4) is 0 Å². The number of nitrogens with two attached hydrogens (primary N) is 1. The van der Waals surface area contributed by atoms with E-state index in [1.807, 2.05) is 31.2 Å². The van der Waals surface area contributed by atoms with E-state index >= 15 is 0 Å². The van der Waals surface area contributed by atoms with Gasteiger partial charge in [0, 0.05) is 17.9 Å². The molecule has 1 aromatic rings. The van der Waals surface area contributed by atoms with Crippen molar-refractivity contribution in [2.45, 2.75) is 38.6 Å². The molecule has 0 aliphatic carbocycles. The van der Waals surface area contributed by atoms with Crippen LogP contribution in [0, 0.1) is 0 Å². The first-order valence-corrected chi connectivity index (χ1v) is 7.90. The molecule has 3 N–H and O–H groups in total. The predicted molar refractivity (Wildman–Crippen MR) is 86.0 cm³/mol. The third-order valence-corrected chi connectivity index (χ3v) is 4.24. The fourth-order valence-corrected chi connectivity index (χ4v) is 3.25. The smallest absolute Gasteiger partial charge is 0.224 e. The molecule has 1 amide bonds. The molecule has 108 valence electrons. The molecule has 4 nitrogen and oxygen atoms in total. The van der Waals surface area contributed by atoms with Crippen molar-refractivity contribution in [2.24, 2.45) is 10.7 Å². The zero-order valence-electron chi connectivity index (χ0n) is 12.0. The Hall–Kier alpha value is -1.49. The topological polar surface area (TPSA) is 67.5 Å². The summed E-state index contributed by atoms with van der Waals surface area (Å²) < 4.78 is 0. The van der Waals surface area contributed by atoms with Crippen LogP contribution in [0.15, 0.2) is 29.3 Å². The predicted octanol–water partition coefficient (Wildman–Crippen LogP) is 3.09. The summed E-state index contributed by atoms with van der Waals surface area (Å²) in [5, 5.41) is 3.57. The summed E-state index contributed by atoms with van der Waals surface area (Å²) in [5.41, 5.74) is 7.48. The number of carbonyl (C=O) groups is 1. The van der Waals surface area contributed by atoms with Gasteiger partial charge in [0.25, 0.3) is 0 Å². The largest absolute Gasteiger partial charge is 0.379 e. The SMILES string of the molecule is CCCC(=O)Nc1cccc(C2(C)CCSC(N)=N2)c1. The number of anilines is 1. The highest BCUT2D eigenvalue weighted by molar-refractivity contribution is 8.13. The molecule has 1 atom stereocenters. The van der Waals surface area contributed by atoms with Crippen molar-refractivity contribution in [1.82, 2.24) is 0 Å². The van der Waals surface area contributed by atoms with Crippen LogP contribution in [0.4, 0.5) is 5.69 Å². The summed E-state index contributed by atoms with van der Waals surface area (Å²) in [6, 6.07) is 7.91. The lowest BCUT2D eigenvalue weighted by atomic mass is 9.89. The average molecular weight is 291 g/mol. The van der Waals surface area contributed by atoms with E-state index in [4.69, 9.17) is 5.73 Å². The van der Waals surface area contributed by atoms with Crippen molar-refractivity contribution in [3.63, 3.8) is 0 Å². The summed E-state index contributed by atoms with van der Waals surface area (Å²) in [6.07, 6.45) is 2.34. The van der Waals surface area contributed by atoms with Crippen molar-refractivity contribution < 1.29 is 4.79 Å². The van der Waals surface area contributed by atoms with Gasteiger partial charge in [-0.2, -0.15) is 0 Å². The maximum absolute atomic E-state index is 11.7. The van der Waals surface area contributed by atoms with Gasteiger partial charge >= 0.3 is 0 Å². The van der Waals surface area contributed by atoms with Gasteiger partial charge in [0.05, 0.1) is 5.54 Å². The van der Waals surface area contributed by atoms with Crippen molar-refractivity contribution in [2.75, 3.05) is 11.1 Å². The van der Waals surface area contributed by atoms with E-state index < -0.39 is 0 Å². The van der Waals surface area contributed by atoms with E-state index in [9.17, 15) is 4.79 Å². The van der Waals surface area contributed by atoms with Gasteiger partial charge in [0.2, 0.25) is 5.91 Å². The molecule has 0 radical (unpaired) electrons. The van der Waals surface area contributed by atoms with Crippen LogP contribution in [0.5, 0.6) is 0 Å². The lowest BCUT2D eigenvalue weighted by Gasteiger charge is -2.30. The maximum atomic E-state index is 11.7. The Morgan fingerprint density at radius 1 is 1.55 bits per heavy atom. The zero-order chi connectivity index (χ0) is 14.6. The minimum absolute atomic E-state index is 0.0528. The van der Waals surface area contributed by atoms with E-state index in [2.05, 4.69) is 17.2 Å². The summed E-state index contributed by atoms with van der Waals surface area (Å²) >= 11 is 1.59. The molecule has 1 unspecified atom stereocenters. The van der Waals surface area contributed by atoms with Gasteiger partial charge in [-0.1, -0.05) is 30.8 Å². The van der Waals surface area contributed by atoms with E-state index in [-0.39, 0.29) is 11.4 Å². The molecular formula is C15H21N3OS. The Kier molecular flexibility index (Phi) is 4.70. The van der Waals surface area contributed by atoms with Crippen LogP contribution >= 0.6 is 11.8 Å². The minimum Gasteiger partial charge on any atom is -0.379 e. The van der Waals surface area contributed by atoms with Crippen LogP contribution in [0.3, 0.4) is 0 Å². The quantitative estimate of drug-likeness (QED) is 0.895. The number of hydrogen-bond acceptors (Lipinski definition) is 4. The monoisotopic (exact) mass is 291 g/mol. The van der Waals surface area contributed by atoms with Crippen LogP contribution in [0.1, 0.15) is 38.7 Å². The number of hydrogen-bond donors (Lipinski definition) is 2. The van der Waals surface area contributed by atoms with Gasteiger partial charge in [-0.25, -0.2) is 0 Å². The number of nitrogens with one attached hydrogen (secondary N) is 1. The highest BCUT2D eigenvalue weighted by Crippen LogP contribution is 2.35. The van der Waals surface area contributed by atoms with Gasteiger partial charge < -0.3 is 11.1 Å². The van der Waals surface area contributed by atoms with Gasteiger partial charge in [0.1, 0.15) is 0 Å². The number of carbonyl (C=O) groups excluding carboxylic acids is 1. The first-order chi connectivity index (χ1) is 9.53. The highest BCUT2D eigenvalue weighted by Gasteiger charge is 2.29. The Morgan fingerprint density at radius 2 is 2.35 bits per heavy atom. The summed E-state index contributed by atoms with van der Waals surface area (Å²) in [7, 11) is 0. The molecule has 1 aliphatic heterocycles. The molecule has 0 saturated heterocycles. The molecule has 0 spiro atoms. The van der Waals surface area contributed by atoms with E-state index in [1.165, 1.54) is 0 Å². The van der Waals surface area contributed by atoms with Crippen molar-refractivity contribution in [1.29, 1.82) is 0 Å². The van der Waals surface area contributed by atoms with Crippen LogP contribution < -0.4 is 11.1 Å². The fraction of sp³-hybridized carbons (Fsp3) is 0.467. The van der Waals surface area contributed by atoms with Gasteiger partial charge in [-0.3, -0.25) is 9.79 Å². The second-order valence-electron chi connectivity index (χ2n) is 5.20. The van der Waals surface area contributed by atoms with Crippen LogP contribution in [-0.4, -0.2) is 16.8 Å². The summed E-state index contributed by atoms with van der Waals surface area (Å²) in [4.78, 5) is 16.3. The van der Waals surface area contributed by atoms with Crippen molar-refractivity contribution in [3.05, 3.63) is 29.8 Å². The Morgan fingerprint density at radius 3 is 3.05 bits per heavy atom. The molecule has 20 heavy (non-hydrogen) atoms. The van der Waals surface area contributed by atoms with Crippen LogP contribution in [0.2, 0.25) is 0 Å². The van der Waals surface area contributed by atoms with Crippen LogP contribution in [-0.2, 0) is 10.3 Å². The number of rotatable bonds is 4. The number of aliphatic imine (C=N–C) groups is 1. The second kappa shape index (κ2) is 6.31. The number of benzene rings is 1. The van der Waals surface area contributed by atoms with Crippen molar-refractivity contribution >= 4 is 28.5 Å². The highest BCUT2D eigenvalue weighted by atomic mass is 32.2. The number of amides is 1. The zero-order valence-corrected chi connectivity index (χ0v) is 12.8. The van der Waals surface area contributed by atoms with Gasteiger partial charge in [-0.05, 0) is 37.5 Å². The third kappa shape index (κ3) is 3.54. The van der Waals surface area contributed by atoms with Gasteiger partial charge in [-0.15, -0.1) is 0 Å². The number of thioether (sulfide) groups is 1. The standard InChI is InChI=1S/C15H21N3OS/c1-3-5-13(19)17-12-7-4-6-11(10-12)15(2)8-9-20-14(16)18-15/h4,6-7,10H,3,5,8-9H2,1-2H3,(H2,16,18)(H,17,19). The number of amidine groups is 1. The summed E-state index contributed by atoms with van der Waals surface area (Å²) in [5.74, 6) is 1.02. The first-order valence-electron chi connectivity index (χ1n) is 6.92. The maximum Gasteiger partial charge on any atom is 0.224 e. The Bertz CT molecular complexity index is 530. The second-order valence-corrected chi connectivity index (χ2v) is 6.32. The van der Waals surface area contributed by atoms with Crippen LogP contribution in [0.25, 0.3) is 0 Å². The van der Waals surface area contributed by atoms with E-state index in [0.29, 0.717) is 11.6 Å². The average Bonchev–Trinajstić information content (AvgIpc) is 2.39. The Labute approximate surface area is 124 Å². The molecule has 1 heterocycles. The first kappa shape index (κ1) is 14.9. The van der Waals surface area contributed by atoms with Gasteiger partial charge in [0.15, 0.2) is 5.17 Å². The molecule has 1 aliphatic rings. The lowest BCUT2D eigenvalue weighted by molar-refractivity contribution is -0.116. The van der Waals surface area contributed by atoms with E-state index in [0.717, 1.165) is 29.8 Å². The Balaban J connectivity index is 2.21. The summed E-state index contributed by atoms with van der Waals surface area (Å²) in [6.45, 7) is 4.08. The molecule has 0 fully saturated rings. The molecule has 2 rings (SSSR count). The molecule has 5 heteroatoms. The molecule has 0 bridgehead atoms. The fourth-order valence-electron chi connectivity index (χ4n) is 2.28. The molecule has 0 saturated carbocycles. The lowest BCUT2D eigenvalue weighted by Crippen LogP contribution is -2.28. The molecule has 1 aromatic carbocycles. The molecule has 0 aromatic heterocycles. The third-order valence-electron chi connectivity index (χ3n) is 3.44. The molecular weight excluding hydrogens is 270 g/mol. The minimum atomic E-state index is -0.291.